The lowest BCUT2D eigenvalue weighted by atomic mass is 10.0. The Morgan fingerprint density at radius 1 is 1.33 bits per heavy atom. The van der Waals surface area contributed by atoms with E-state index in [1.165, 1.54) is 32.1 Å². The highest BCUT2D eigenvalue weighted by molar-refractivity contribution is 4.84. The van der Waals surface area contributed by atoms with Crippen molar-refractivity contribution in [1.29, 1.82) is 0 Å². The van der Waals surface area contributed by atoms with E-state index in [4.69, 9.17) is 6.42 Å². The molecule has 1 aliphatic carbocycles. The molecule has 0 aromatic carbocycles. The Kier molecular flexibility index (Phi) is 2.64. The molecular weight excluding hydrogens is 108 g/mol. The summed E-state index contributed by atoms with van der Waals surface area (Å²) in [5, 5.41) is 0. The van der Waals surface area contributed by atoms with E-state index in [0.29, 0.717) is 0 Å². The molecule has 1 rings (SSSR count). The lowest BCUT2D eigenvalue weighted by molar-refractivity contribution is 0.512. The minimum absolute atomic E-state index is 0.973. The van der Waals surface area contributed by atoms with Gasteiger partial charge >= 0.3 is 0 Å². The van der Waals surface area contributed by atoms with Crippen LogP contribution in [0.1, 0.15) is 38.5 Å². The van der Waals surface area contributed by atoms with Gasteiger partial charge in [-0.3, -0.25) is 0 Å². The zero-order valence-corrected chi connectivity index (χ0v) is 5.90. The smallest absolute Gasteiger partial charge is 0.00886 e. The van der Waals surface area contributed by atoms with Crippen molar-refractivity contribution >= 4 is 0 Å². The molecule has 1 fully saturated rings. The van der Waals surface area contributed by atoms with Crippen molar-refractivity contribution in [3.8, 4) is 12.3 Å². The number of hydrogen-bond donors (Lipinski definition) is 0. The Morgan fingerprint density at radius 2 is 2.00 bits per heavy atom. The lowest BCUT2D eigenvalue weighted by Crippen LogP contribution is -1.90. The van der Waals surface area contributed by atoms with Crippen molar-refractivity contribution in [1.82, 2.24) is 0 Å². The minimum Gasteiger partial charge on any atom is -0.120 e. The van der Waals surface area contributed by atoms with Crippen molar-refractivity contribution in [3.05, 3.63) is 0 Å². The van der Waals surface area contributed by atoms with Crippen LogP contribution in [-0.4, -0.2) is 0 Å². The van der Waals surface area contributed by atoms with Gasteiger partial charge in [0.2, 0.25) is 0 Å². The van der Waals surface area contributed by atoms with E-state index in [2.05, 4.69) is 5.92 Å². The maximum Gasteiger partial charge on any atom is 0.00886 e. The highest BCUT2D eigenvalue weighted by atomic mass is 14.2. The first-order valence-electron chi connectivity index (χ1n) is 3.87. The maximum absolute atomic E-state index is 5.16. The Balaban J connectivity index is 2.06. The van der Waals surface area contributed by atoms with Crippen LogP contribution in [0.5, 0.6) is 0 Å². The molecular formula is C9H14. The van der Waals surface area contributed by atoms with Gasteiger partial charge in [0.05, 0.1) is 0 Å². The Labute approximate surface area is 57.7 Å². The fourth-order valence-corrected chi connectivity index (χ4v) is 1.59. The molecule has 0 heteroatoms. The summed E-state index contributed by atoms with van der Waals surface area (Å²) in [6, 6.07) is 0. The quantitative estimate of drug-likeness (QED) is 0.494. The Hall–Kier alpha value is -0.440. The van der Waals surface area contributed by atoms with Crippen LogP contribution in [0.25, 0.3) is 0 Å². The number of hydrogen-bond acceptors (Lipinski definition) is 0. The summed E-state index contributed by atoms with van der Waals surface area (Å²) < 4.78 is 0. The van der Waals surface area contributed by atoms with Crippen LogP contribution in [0.3, 0.4) is 0 Å². The molecule has 1 saturated carbocycles. The molecule has 0 atom stereocenters. The van der Waals surface area contributed by atoms with E-state index in [9.17, 15) is 0 Å². The molecule has 0 aliphatic heterocycles. The van der Waals surface area contributed by atoms with Crippen LogP contribution in [0.15, 0.2) is 0 Å². The summed E-state index contributed by atoms with van der Waals surface area (Å²) in [6.07, 6.45) is 13.2. The standard InChI is InChI=1S/C9H14/c1-2-3-6-9-7-4-5-8-9/h1,9H,3-8H2. The second kappa shape index (κ2) is 3.56. The molecule has 9 heavy (non-hydrogen) atoms. The average Bonchev–Trinajstić information content (AvgIpc) is 2.34. The van der Waals surface area contributed by atoms with E-state index in [1.54, 1.807) is 0 Å². The van der Waals surface area contributed by atoms with Gasteiger partial charge in [-0.25, -0.2) is 0 Å². The molecule has 0 unspecified atom stereocenters. The second-order valence-electron chi connectivity index (χ2n) is 2.89. The summed E-state index contributed by atoms with van der Waals surface area (Å²) in [6.45, 7) is 0. The highest BCUT2D eigenvalue weighted by Gasteiger charge is 2.13. The average molecular weight is 122 g/mol. The highest BCUT2D eigenvalue weighted by Crippen LogP contribution is 2.27. The van der Waals surface area contributed by atoms with Crippen molar-refractivity contribution < 1.29 is 0 Å². The first-order valence-corrected chi connectivity index (χ1v) is 3.87. The van der Waals surface area contributed by atoms with Gasteiger partial charge in [0.15, 0.2) is 0 Å². The summed E-state index contributed by atoms with van der Waals surface area (Å²) >= 11 is 0. The van der Waals surface area contributed by atoms with Gasteiger partial charge in [0.1, 0.15) is 0 Å². The molecule has 0 nitrogen and oxygen atoms in total. The largest absolute Gasteiger partial charge is 0.120 e. The Morgan fingerprint density at radius 3 is 2.56 bits per heavy atom. The summed E-state index contributed by atoms with van der Waals surface area (Å²) in [7, 11) is 0. The molecule has 0 bridgehead atoms. The second-order valence-corrected chi connectivity index (χ2v) is 2.89. The van der Waals surface area contributed by atoms with Gasteiger partial charge in [0.25, 0.3) is 0 Å². The number of rotatable bonds is 2. The summed E-state index contributed by atoms with van der Waals surface area (Å²) in [5.74, 6) is 3.67. The fourth-order valence-electron chi connectivity index (χ4n) is 1.59. The third-order valence-corrected chi connectivity index (χ3v) is 2.17. The first-order chi connectivity index (χ1) is 4.43. The molecule has 1 aliphatic rings. The molecule has 0 aromatic heterocycles. The molecule has 0 aromatic rings. The van der Waals surface area contributed by atoms with Gasteiger partial charge in [-0.1, -0.05) is 25.7 Å². The fraction of sp³-hybridized carbons (Fsp3) is 0.778. The normalized spacial score (nSPS) is 19.9. The van der Waals surface area contributed by atoms with E-state index in [0.717, 1.165) is 12.3 Å². The Bertz CT molecular complexity index is 102. The molecule has 0 spiro atoms. The molecule has 0 radical (unpaired) electrons. The summed E-state index contributed by atoms with van der Waals surface area (Å²) in [4.78, 5) is 0. The predicted molar refractivity (Wildman–Crippen MR) is 40.0 cm³/mol. The van der Waals surface area contributed by atoms with E-state index in [-0.39, 0.29) is 0 Å². The van der Waals surface area contributed by atoms with Crippen LogP contribution < -0.4 is 0 Å². The third-order valence-electron chi connectivity index (χ3n) is 2.17. The zero-order chi connectivity index (χ0) is 6.53. The molecule has 50 valence electrons. The van der Waals surface area contributed by atoms with E-state index < -0.39 is 0 Å². The summed E-state index contributed by atoms with van der Waals surface area (Å²) in [5.41, 5.74) is 0. The zero-order valence-electron chi connectivity index (χ0n) is 5.90. The SMILES string of the molecule is C#CCCC1CCCC1. The van der Waals surface area contributed by atoms with Crippen molar-refractivity contribution in [2.45, 2.75) is 38.5 Å². The van der Waals surface area contributed by atoms with Gasteiger partial charge < -0.3 is 0 Å². The molecule has 0 amide bonds. The van der Waals surface area contributed by atoms with Gasteiger partial charge in [-0.2, -0.15) is 0 Å². The van der Waals surface area contributed by atoms with Crippen molar-refractivity contribution in [3.63, 3.8) is 0 Å². The van der Waals surface area contributed by atoms with Gasteiger partial charge in [-0.05, 0) is 12.3 Å². The molecule has 0 saturated heterocycles. The van der Waals surface area contributed by atoms with Crippen LogP contribution in [0.2, 0.25) is 0 Å². The lowest BCUT2D eigenvalue weighted by Gasteiger charge is -2.03. The maximum atomic E-state index is 5.16. The van der Waals surface area contributed by atoms with Crippen molar-refractivity contribution in [2.24, 2.45) is 5.92 Å². The monoisotopic (exact) mass is 122 g/mol. The van der Waals surface area contributed by atoms with Crippen LogP contribution in [-0.2, 0) is 0 Å². The number of terminal acetylenes is 1. The van der Waals surface area contributed by atoms with Crippen LogP contribution >= 0.6 is 0 Å². The molecule has 0 heterocycles. The van der Waals surface area contributed by atoms with Crippen LogP contribution in [0, 0.1) is 18.3 Å². The first kappa shape index (κ1) is 6.68. The van der Waals surface area contributed by atoms with Gasteiger partial charge in [0, 0.05) is 6.42 Å². The van der Waals surface area contributed by atoms with Crippen molar-refractivity contribution in [2.75, 3.05) is 0 Å². The minimum atomic E-state index is 0.973. The molecule has 0 N–H and O–H groups in total. The van der Waals surface area contributed by atoms with E-state index >= 15 is 0 Å². The van der Waals surface area contributed by atoms with Crippen LogP contribution in [0.4, 0.5) is 0 Å². The third kappa shape index (κ3) is 2.10. The van der Waals surface area contributed by atoms with Gasteiger partial charge in [-0.15, -0.1) is 12.3 Å². The predicted octanol–water partition coefficient (Wildman–Crippen LogP) is 2.59. The topological polar surface area (TPSA) is 0 Å². The van der Waals surface area contributed by atoms with E-state index in [1.807, 2.05) is 0 Å².